The van der Waals surface area contributed by atoms with Crippen molar-refractivity contribution in [1.29, 1.82) is 0 Å². The minimum Gasteiger partial charge on any atom is -0.486 e. The zero-order chi connectivity index (χ0) is 21.1. The number of ether oxygens (including phenoxy) is 3. The molecule has 30 heavy (non-hydrogen) atoms. The smallest absolute Gasteiger partial charge is 0.230 e. The molecule has 7 nitrogen and oxygen atoms in total. The molecule has 162 valence electrons. The van der Waals surface area contributed by atoms with Gasteiger partial charge in [0, 0.05) is 12.3 Å². The van der Waals surface area contributed by atoms with Crippen molar-refractivity contribution in [3.63, 3.8) is 0 Å². The van der Waals surface area contributed by atoms with E-state index in [4.69, 9.17) is 14.2 Å². The van der Waals surface area contributed by atoms with Crippen LogP contribution in [-0.4, -0.2) is 47.1 Å². The number of carbonyl (C=O) groups is 1. The van der Waals surface area contributed by atoms with Crippen LogP contribution in [0.4, 0.5) is 0 Å². The number of aryl methyl sites for hydroxylation is 1. The maximum atomic E-state index is 12.6. The lowest BCUT2D eigenvalue weighted by molar-refractivity contribution is -0.119. The van der Waals surface area contributed by atoms with E-state index in [0.717, 1.165) is 59.6 Å². The van der Waals surface area contributed by atoms with Crippen molar-refractivity contribution in [2.24, 2.45) is 0 Å². The standard InChI is InChI=1S/C22H29N3O4S/c1-14-16(3)25(12-18-5-4-8-27-18)22(24-14)30-13-21(26)23-15(2)17-6-7-19-20(11-17)29-10-9-28-19/h6-7,11,15,18H,4-5,8-10,12-13H2,1-3H3,(H,23,26)/t15-,18+/m0/s1. The van der Waals surface area contributed by atoms with Crippen LogP contribution >= 0.6 is 11.8 Å². The zero-order valence-corrected chi connectivity index (χ0v) is 18.6. The molecule has 0 unspecified atom stereocenters. The number of hydrogen-bond acceptors (Lipinski definition) is 6. The van der Waals surface area contributed by atoms with Crippen LogP contribution in [0.1, 0.15) is 42.8 Å². The van der Waals surface area contributed by atoms with E-state index >= 15 is 0 Å². The molecule has 0 aliphatic carbocycles. The molecule has 0 spiro atoms. The fourth-order valence-electron chi connectivity index (χ4n) is 3.77. The largest absolute Gasteiger partial charge is 0.486 e. The highest BCUT2D eigenvalue weighted by Gasteiger charge is 2.21. The van der Waals surface area contributed by atoms with Crippen LogP contribution in [-0.2, 0) is 16.1 Å². The Morgan fingerprint density at radius 3 is 2.83 bits per heavy atom. The lowest BCUT2D eigenvalue weighted by Crippen LogP contribution is -2.28. The minimum atomic E-state index is -0.121. The summed E-state index contributed by atoms with van der Waals surface area (Å²) in [4.78, 5) is 17.3. The average molecular weight is 432 g/mol. The molecule has 1 amide bonds. The third kappa shape index (κ3) is 4.75. The fourth-order valence-corrected chi connectivity index (χ4v) is 4.68. The number of nitrogens with one attached hydrogen (secondary N) is 1. The molecule has 2 aromatic rings. The van der Waals surface area contributed by atoms with E-state index in [1.54, 1.807) is 0 Å². The monoisotopic (exact) mass is 431 g/mol. The van der Waals surface area contributed by atoms with Crippen LogP contribution in [0.15, 0.2) is 23.4 Å². The van der Waals surface area contributed by atoms with Crippen molar-refractivity contribution in [3.05, 3.63) is 35.2 Å². The van der Waals surface area contributed by atoms with Crippen molar-refractivity contribution in [2.75, 3.05) is 25.6 Å². The van der Waals surface area contributed by atoms with Crippen molar-refractivity contribution < 1.29 is 19.0 Å². The average Bonchev–Trinajstić information content (AvgIpc) is 3.36. The van der Waals surface area contributed by atoms with Gasteiger partial charge in [0.25, 0.3) is 0 Å². The molecule has 1 saturated heterocycles. The maximum Gasteiger partial charge on any atom is 0.230 e. The molecular formula is C22H29N3O4S. The summed E-state index contributed by atoms with van der Waals surface area (Å²) in [5.74, 6) is 1.78. The summed E-state index contributed by atoms with van der Waals surface area (Å²) in [6.45, 7) is 8.80. The summed E-state index contributed by atoms with van der Waals surface area (Å²) in [6, 6.07) is 5.68. The molecule has 2 aliphatic heterocycles. The van der Waals surface area contributed by atoms with Crippen LogP contribution in [0, 0.1) is 13.8 Å². The molecule has 1 aromatic carbocycles. The van der Waals surface area contributed by atoms with Crippen LogP contribution in [0.25, 0.3) is 0 Å². The van der Waals surface area contributed by atoms with Gasteiger partial charge in [0.05, 0.1) is 30.1 Å². The van der Waals surface area contributed by atoms with Gasteiger partial charge in [-0.3, -0.25) is 4.79 Å². The summed E-state index contributed by atoms with van der Waals surface area (Å²) in [6.07, 6.45) is 2.43. The minimum absolute atomic E-state index is 0.0237. The van der Waals surface area contributed by atoms with Crippen LogP contribution in [0.3, 0.4) is 0 Å². The van der Waals surface area contributed by atoms with E-state index in [1.165, 1.54) is 11.8 Å². The van der Waals surface area contributed by atoms with Gasteiger partial charge in [-0.05, 0) is 51.3 Å². The lowest BCUT2D eigenvalue weighted by atomic mass is 10.1. The second-order valence-corrected chi connectivity index (χ2v) is 8.73. The van der Waals surface area contributed by atoms with Gasteiger partial charge >= 0.3 is 0 Å². The molecule has 0 bridgehead atoms. The number of carbonyl (C=O) groups excluding carboxylic acids is 1. The highest BCUT2D eigenvalue weighted by Crippen LogP contribution is 2.32. The molecule has 1 N–H and O–H groups in total. The van der Waals surface area contributed by atoms with Gasteiger partial charge in [-0.25, -0.2) is 4.98 Å². The predicted molar refractivity (Wildman–Crippen MR) is 115 cm³/mol. The Labute approximate surface area is 181 Å². The Balaban J connectivity index is 1.35. The Morgan fingerprint density at radius 1 is 1.27 bits per heavy atom. The van der Waals surface area contributed by atoms with Crippen LogP contribution < -0.4 is 14.8 Å². The molecule has 2 atom stereocenters. The second kappa shape index (κ2) is 9.31. The first-order chi connectivity index (χ1) is 14.5. The van der Waals surface area contributed by atoms with Crippen LogP contribution in [0.2, 0.25) is 0 Å². The van der Waals surface area contributed by atoms with E-state index in [0.29, 0.717) is 19.0 Å². The Morgan fingerprint density at radius 2 is 2.07 bits per heavy atom. The summed E-state index contributed by atoms with van der Waals surface area (Å²) >= 11 is 1.47. The van der Waals surface area contributed by atoms with E-state index in [2.05, 4.69) is 21.8 Å². The normalized spacial score (nSPS) is 19.0. The van der Waals surface area contributed by atoms with E-state index in [1.807, 2.05) is 32.0 Å². The zero-order valence-electron chi connectivity index (χ0n) is 17.8. The first-order valence-electron chi connectivity index (χ1n) is 10.5. The SMILES string of the molecule is Cc1nc(SCC(=O)N[C@@H](C)c2ccc3c(c2)OCCO3)n(C[C@H]2CCCO2)c1C. The number of amides is 1. The molecule has 2 aliphatic rings. The number of aromatic nitrogens is 2. The van der Waals surface area contributed by atoms with Gasteiger partial charge in [-0.2, -0.15) is 0 Å². The molecule has 1 aromatic heterocycles. The van der Waals surface area contributed by atoms with E-state index in [9.17, 15) is 4.79 Å². The number of nitrogens with zero attached hydrogens (tertiary/aromatic N) is 2. The van der Waals surface area contributed by atoms with Gasteiger partial charge in [0.1, 0.15) is 13.2 Å². The first kappa shape index (κ1) is 21.1. The van der Waals surface area contributed by atoms with E-state index in [-0.39, 0.29) is 18.1 Å². The number of benzene rings is 1. The summed E-state index contributed by atoms with van der Waals surface area (Å²) in [5, 5.41) is 3.95. The predicted octanol–water partition coefficient (Wildman–Crippen LogP) is 3.42. The Bertz CT molecular complexity index is 908. The molecular weight excluding hydrogens is 402 g/mol. The molecule has 0 saturated carbocycles. The van der Waals surface area contributed by atoms with Crippen LogP contribution in [0.5, 0.6) is 11.5 Å². The first-order valence-corrected chi connectivity index (χ1v) is 11.5. The van der Waals surface area contributed by atoms with Gasteiger partial charge in [-0.1, -0.05) is 17.8 Å². The Hall–Kier alpha value is -2.19. The molecule has 0 radical (unpaired) electrons. The van der Waals surface area contributed by atoms with Gasteiger partial charge in [-0.15, -0.1) is 0 Å². The summed E-state index contributed by atoms with van der Waals surface area (Å²) in [5.41, 5.74) is 3.13. The summed E-state index contributed by atoms with van der Waals surface area (Å²) in [7, 11) is 0. The van der Waals surface area contributed by atoms with Gasteiger partial charge < -0.3 is 24.1 Å². The number of fused-ring (bicyclic) bond motifs is 1. The fraction of sp³-hybridized carbons (Fsp3) is 0.545. The maximum absolute atomic E-state index is 12.6. The van der Waals surface area contributed by atoms with Gasteiger partial charge in [0.15, 0.2) is 16.7 Å². The number of imidazole rings is 1. The van der Waals surface area contributed by atoms with Gasteiger partial charge in [0.2, 0.25) is 5.91 Å². The van der Waals surface area contributed by atoms with Crippen molar-refractivity contribution >= 4 is 17.7 Å². The highest BCUT2D eigenvalue weighted by molar-refractivity contribution is 7.99. The second-order valence-electron chi connectivity index (χ2n) is 7.79. The highest BCUT2D eigenvalue weighted by atomic mass is 32.2. The number of rotatable bonds is 7. The van der Waals surface area contributed by atoms with Crippen molar-refractivity contribution in [2.45, 2.75) is 57.5 Å². The van der Waals surface area contributed by atoms with Crippen molar-refractivity contribution in [3.8, 4) is 11.5 Å². The Kier molecular flexibility index (Phi) is 6.53. The molecule has 4 rings (SSSR count). The molecule has 3 heterocycles. The molecule has 8 heteroatoms. The third-order valence-electron chi connectivity index (χ3n) is 5.61. The topological polar surface area (TPSA) is 74.6 Å². The summed E-state index contributed by atoms with van der Waals surface area (Å²) < 4.78 is 19.2. The quantitative estimate of drug-likeness (QED) is 0.677. The third-order valence-corrected chi connectivity index (χ3v) is 6.59. The van der Waals surface area contributed by atoms with Crippen molar-refractivity contribution in [1.82, 2.24) is 14.9 Å². The number of hydrogen-bond donors (Lipinski definition) is 1. The lowest BCUT2D eigenvalue weighted by Gasteiger charge is -2.21. The number of thioether (sulfide) groups is 1. The molecule has 1 fully saturated rings. The van der Waals surface area contributed by atoms with E-state index < -0.39 is 0 Å².